The second-order valence-electron chi connectivity index (χ2n) is 4.91. The van der Waals surface area contributed by atoms with Crippen LogP contribution in [0, 0.1) is 5.41 Å². The van der Waals surface area contributed by atoms with Gasteiger partial charge in [0.1, 0.15) is 0 Å². The summed E-state index contributed by atoms with van der Waals surface area (Å²) in [7, 11) is -3.09. The summed E-state index contributed by atoms with van der Waals surface area (Å²) in [5, 5.41) is 3.10. The summed E-state index contributed by atoms with van der Waals surface area (Å²) in [5.74, 6) is 0.204. The van der Waals surface area contributed by atoms with E-state index in [0.717, 1.165) is 13.1 Å². The number of hydrogen-bond acceptors (Lipinski definition) is 3. The van der Waals surface area contributed by atoms with E-state index in [4.69, 9.17) is 0 Å². The predicted octanol–water partition coefficient (Wildman–Crippen LogP) is 0.952. The highest BCUT2D eigenvalue weighted by Gasteiger charge is 2.15. The molecule has 5 heteroatoms. The third kappa shape index (κ3) is 10.2. The van der Waals surface area contributed by atoms with E-state index in [1.165, 1.54) is 0 Å². The van der Waals surface area contributed by atoms with Crippen LogP contribution in [-0.2, 0) is 10.0 Å². The van der Waals surface area contributed by atoms with Crippen LogP contribution in [0.4, 0.5) is 0 Å². The van der Waals surface area contributed by atoms with Crippen molar-refractivity contribution in [2.45, 2.75) is 34.1 Å². The van der Waals surface area contributed by atoms with E-state index in [9.17, 15) is 8.42 Å². The fourth-order valence-electron chi connectivity index (χ4n) is 0.963. The van der Waals surface area contributed by atoms with E-state index in [2.05, 4.69) is 10.0 Å². The van der Waals surface area contributed by atoms with Crippen molar-refractivity contribution in [1.29, 1.82) is 0 Å². The average Bonchev–Trinajstić information content (AvgIpc) is 2.09. The van der Waals surface area contributed by atoms with Gasteiger partial charge in [0.05, 0.1) is 5.75 Å². The molecule has 0 spiro atoms. The van der Waals surface area contributed by atoms with Crippen molar-refractivity contribution in [1.82, 2.24) is 10.0 Å². The number of sulfonamides is 1. The molecule has 0 fully saturated rings. The molecule has 0 radical (unpaired) electrons. The highest BCUT2D eigenvalue weighted by atomic mass is 32.2. The molecule has 0 aliphatic carbocycles. The highest BCUT2D eigenvalue weighted by molar-refractivity contribution is 7.89. The molecule has 0 unspecified atom stereocenters. The number of hydrogen-bond donors (Lipinski definition) is 2. The summed E-state index contributed by atoms with van der Waals surface area (Å²) in [4.78, 5) is 0. The van der Waals surface area contributed by atoms with E-state index in [-0.39, 0.29) is 11.2 Å². The molecule has 4 nitrogen and oxygen atoms in total. The Morgan fingerprint density at radius 3 is 2.27 bits per heavy atom. The van der Waals surface area contributed by atoms with Crippen LogP contribution < -0.4 is 10.0 Å². The van der Waals surface area contributed by atoms with Crippen molar-refractivity contribution in [3.8, 4) is 0 Å². The molecule has 0 aromatic rings. The van der Waals surface area contributed by atoms with Crippen LogP contribution >= 0.6 is 0 Å². The van der Waals surface area contributed by atoms with Gasteiger partial charge in [-0.3, -0.25) is 0 Å². The monoisotopic (exact) mass is 236 g/mol. The maximum absolute atomic E-state index is 11.5. The van der Waals surface area contributed by atoms with Gasteiger partial charge in [0.25, 0.3) is 0 Å². The second kappa shape index (κ2) is 6.45. The lowest BCUT2D eigenvalue weighted by Gasteiger charge is -2.18. The molecule has 0 rings (SSSR count). The number of nitrogens with one attached hydrogen (secondary N) is 2. The Morgan fingerprint density at radius 2 is 1.80 bits per heavy atom. The second-order valence-corrected chi connectivity index (χ2v) is 6.83. The molecule has 0 saturated carbocycles. The summed E-state index contributed by atoms with van der Waals surface area (Å²) >= 11 is 0. The Hall–Kier alpha value is -0.130. The maximum Gasteiger partial charge on any atom is 0.211 e. The van der Waals surface area contributed by atoms with Gasteiger partial charge >= 0.3 is 0 Å². The minimum Gasteiger partial charge on any atom is -0.317 e. The quantitative estimate of drug-likeness (QED) is 0.647. The van der Waals surface area contributed by atoms with Gasteiger partial charge in [-0.05, 0) is 24.9 Å². The van der Waals surface area contributed by atoms with Crippen LogP contribution in [0.5, 0.6) is 0 Å². The van der Waals surface area contributed by atoms with Crippen LogP contribution in [0.2, 0.25) is 0 Å². The molecule has 0 heterocycles. The first-order valence-electron chi connectivity index (χ1n) is 5.45. The number of rotatable bonds is 7. The standard InChI is InChI=1S/C10H24N2O2S/c1-5-11-7-6-8-15(13,14)12-9-10(2,3)4/h11-12H,5-9H2,1-4H3. The first-order valence-corrected chi connectivity index (χ1v) is 7.10. The van der Waals surface area contributed by atoms with Crippen LogP contribution in [0.1, 0.15) is 34.1 Å². The summed E-state index contributed by atoms with van der Waals surface area (Å²) in [6.45, 7) is 10.2. The molecule has 0 aromatic heterocycles. The Balaban J connectivity index is 3.78. The van der Waals surface area contributed by atoms with Crippen molar-refractivity contribution in [3.05, 3.63) is 0 Å². The SMILES string of the molecule is CCNCCCS(=O)(=O)NCC(C)(C)C. The van der Waals surface area contributed by atoms with E-state index in [1.807, 2.05) is 27.7 Å². The molecular weight excluding hydrogens is 212 g/mol. The first-order chi connectivity index (χ1) is 6.77. The largest absolute Gasteiger partial charge is 0.317 e. The molecule has 0 aromatic carbocycles. The first kappa shape index (κ1) is 14.9. The van der Waals surface area contributed by atoms with Gasteiger partial charge in [-0.25, -0.2) is 13.1 Å². The highest BCUT2D eigenvalue weighted by Crippen LogP contribution is 2.10. The third-order valence-electron chi connectivity index (χ3n) is 1.84. The van der Waals surface area contributed by atoms with Crippen LogP contribution in [-0.4, -0.2) is 33.8 Å². The van der Waals surface area contributed by atoms with Crippen molar-refractivity contribution in [3.63, 3.8) is 0 Å². The maximum atomic E-state index is 11.5. The van der Waals surface area contributed by atoms with Gasteiger partial charge in [0.15, 0.2) is 0 Å². The molecule has 92 valence electrons. The fourth-order valence-corrected chi connectivity index (χ4v) is 2.28. The van der Waals surface area contributed by atoms with Gasteiger partial charge in [0.2, 0.25) is 10.0 Å². The molecule has 0 aliphatic heterocycles. The Labute approximate surface area is 93.9 Å². The van der Waals surface area contributed by atoms with Gasteiger partial charge in [-0.1, -0.05) is 27.7 Å². The lowest BCUT2D eigenvalue weighted by atomic mass is 9.98. The molecule has 0 aliphatic rings. The zero-order chi connectivity index (χ0) is 11.9. The molecule has 0 amide bonds. The summed E-state index contributed by atoms with van der Waals surface area (Å²) in [5.41, 5.74) is -0.00522. The van der Waals surface area contributed by atoms with Crippen LogP contribution in [0.25, 0.3) is 0 Å². The molecule has 2 N–H and O–H groups in total. The van der Waals surface area contributed by atoms with Crippen molar-refractivity contribution < 1.29 is 8.42 Å². The van der Waals surface area contributed by atoms with Crippen molar-refractivity contribution >= 4 is 10.0 Å². The lowest BCUT2D eigenvalue weighted by molar-refractivity contribution is 0.407. The van der Waals surface area contributed by atoms with E-state index in [0.29, 0.717) is 13.0 Å². The van der Waals surface area contributed by atoms with E-state index in [1.54, 1.807) is 0 Å². The fraction of sp³-hybridized carbons (Fsp3) is 1.00. The van der Waals surface area contributed by atoms with Gasteiger partial charge < -0.3 is 5.32 Å². The van der Waals surface area contributed by atoms with Crippen molar-refractivity contribution in [2.24, 2.45) is 5.41 Å². The average molecular weight is 236 g/mol. The van der Waals surface area contributed by atoms with Crippen LogP contribution in [0.3, 0.4) is 0 Å². The van der Waals surface area contributed by atoms with Crippen LogP contribution in [0.15, 0.2) is 0 Å². The molecular formula is C10H24N2O2S. The zero-order valence-electron chi connectivity index (χ0n) is 10.3. The van der Waals surface area contributed by atoms with Crippen molar-refractivity contribution in [2.75, 3.05) is 25.4 Å². The topological polar surface area (TPSA) is 58.2 Å². The summed E-state index contributed by atoms with van der Waals surface area (Å²) in [6.07, 6.45) is 0.660. The van der Waals surface area contributed by atoms with Gasteiger partial charge in [0, 0.05) is 6.54 Å². The lowest BCUT2D eigenvalue weighted by Crippen LogP contribution is -2.34. The Bertz CT molecular complexity index is 255. The Kier molecular flexibility index (Phi) is 6.40. The minimum atomic E-state index is -3.09. The normalized spacial score (nSPS) is 13.1. The minimum absolute atomic E-state index is 0.00522. The zero-order valence-corrected chi connectivity index (χ0v) is 11.1. The van der Waals surface area contributed by atoms with Gasteiger partial charge in [-0.15, -0.1) is 0 Å². The summed E-state index contributed by atoms with van der Waals surface area (Å²) < 4.78 is 25.6. The molecule has 0 saturated heterocycles. The summed E-state index contributed by atoms with van der Waals surface area (Å²) in [6, 6.07) is 0. The smallest absolute Gasteiger partial charge is 0.211 e. The third-order valence-corrected chi connectivity index (χ3v) is 3.25. The molecule has 0 atom stereocenters. The van der Waals surface area contributed by atoms with E-state index < -0.39 is 10.0 Å². The van der Waals surface area contributed by atoms with E-state index >= 15 is 0 Å². The van der Waals surface area contributed by atoms with Gasteiger partial charge in [-0.2, -0.15) is 0 Å². The molecule has 15 heavy (non-hydrogen) atoms. The predicted molar refractivity (Wildman–Crippen MR) is 64.4 cm³/mol. The molecule has 0 bridgehead atoms. The Morgan fingerprint density at radius 1 is 1.20 bits per heavy atom.